The average Bonchev–Trinajstić information content (AvgIpc) is 2.67. The van der Waals surface area contributed by atoms with E-state index in [-0.39, 0.29) is 23.7 Å². The van der Waals surface area contributed by atoms with Crippen LogP contribution in [0.3, 0.4) is 0 Å². The number of aromatic nitrogens is 1. The van der Waals surface area contributed by atoms with Crippen molar-refractivity contribution < 1.29 is 9.72 Å². The zero-order chi connectivity index (χ0) is 20.3. The van der Waals surface area contributed by atoms with E-state index in [1.165, 1.54) is 35.0 Å². The Morgan fingerprint density at radius 3 is 2.29 bits per heavy atom. The van der Waals surface area contributed by atoms with Gasteiger partial charge in [0.1, 0.15) is 0 Å². The summed E-state index contributed by atoms with van der Waals surface area (Å²) in [4.78, 5) is 35.1. The third-order valence-corrected chi connectivity index (χ3v) is 4.47. The molecule has 1 aromatic heterocycles. The standard InChI is InChI=1S/C21H19N3O4/c1-14-4-3-5-15(2)20(14)22-21(26)17-8-11-19(25)23(13-17)12-16-6-9-18(10-7-16)24(27)28/h3-11,13H,12H2,1-2H3,(H,22,26). The van der Waals surface area contributed by atoms with Crippen molar-refractivity contribution in [1.29, 1.82) is 0 Å². The van der Waals surface area contributed by atoms with Crippen molar-refractivity contribution in [2.45, 2.75) is 20.4 Å². The largest absolute Gasteiger partial charge is 0.321 e. The normalized spacial score (nSPS) is 10.5. The van der Waals surface area contributed by atoms with E-state index in [9.17, 15) is 19.7 Å². The molecule has 0 saturated heterocycles. The Hall–Kier alpha value is -3.74. The van der Waals surface area contributed by atoms with Crippen LogP contribution in [0.2, 0.25) is 0 Å². The second kappa shape index (κ2) is 7.87. The number of nitro groups is 1. The maximum Gasteiger partial charge on any atom is 0.269 e. The number of anilines is 1. The van der Waals surface area contributed by atoms with Crippen molar-refractivity contribution in [2.75, 3.05) is 5.32 Å². The molecule has 1 N–H and O–H groups in total. The molecule has 3 aromatic rings. The van der Waals surface area contributed by atoms with Gasteiger partial charge in [0.05, 0.1) is 17.0 Å². The molecular formula is C21H19N3O4. The maximum atomic E-state index is 12.7. The maximum absolute atomic E-state index is 12.7. The van der Waals surface area contributed by atoms with E-state index in [1.54, 1.807) is 12.1 Å². The highest BCUT2D eigenvalue weighted by molar-refractivity contribution is 6.04. The Balaban J connectivity index is 1.83. The first-order chi connectivity index (χ1) is 13.3. The number of carbonyl (C=O) groups excluding carboxylic acids is 1. The summed E-state index contributed by atoms with van der Waals surface area (Å²) in [7, 11) is 0. The van der Waals surface area contributed by atoms with Crippen LogP contribution in [0.15, 0.2) is 65.6 Å². The molecule has 0 aliphatic carbocycles. The molecule has 0 spiro atoms. The van der Waals surface area contributed by atoms with Gasteiger partial charge in [0.15, 0.2) is 0 Å². The molecule has 0 fully saturated rings. The molecule has 0 atom stereocenters. The number of benzene rings is 2. The third kappa shape index (κ3) is 4.15. The van der Waals surface area contributed by atoms with E-state index in [0.29, 0.717) is 5.56 Å². The number of carbonyl (C=O) groups is 1. The predicted molar refractivity (Wildman–Crippen MR) is 107 cm³/mol. The SMILES string of the molecule is Cc1cccc(C)c1NC(=O)c1ccc(=O)n(Cc2ccc([N+](=O)[O-])cc2)c1. The predicted octanol–water partition coefficient (Wildman–Crippen LogP) is 3.67. The highest BCUT2D eigenvalue weighted by Crippen LogP contribution is 2.20. The Morgan fingerprint density at radius 2 is 1.68 bits per heavy atom. The number of hydrogen-bond acceptors (Lipinski definition) is 4. The number of aryl methyl sites for hydroxylation is 2. The van der Waals surface area contributed by atoms with Gasteiger partial charge in [0, 0.05) is 30.1 Å². The molecule has 0 aliphatic heterocycles. The Morgan fingerprint density at radius 1 is 1.04 bits per heavy atom. The molecule has 0 bridgehead atoms. The van der Waals surface area contributed by atoms with E-state index < -0.39 is 4.92 Å². The van der Waals surface area contributed by atoms with Gasteiger partial charge in [0.25, 0.3) is 17.2 Å². The Labute approximate surface area is 161 Å². The van der Waals surface area contributed by atoms with Crippen LogP contribution in [-0.4, -0.2) is 15.4 Å². The molecule has 0 radical (unpaired) electrons. The van der Waals surface area contributed by atoms with Crippen LogP contribution in [0.25, 0.3) is 0 Å². The summed E-state index contributed by atoms with van der Waals surface area (Å²) in [5.41, 5.74) is 3.45. The summed E-state index contributed by atoms with van der Waals surface area (Å²) in [6.45, 7) is 4.04. The molecule has 3 rings (SSSR count). The molecular weight excluding hydrogens is 358 g/mol. The summed E-state index contributed by atoms with van der Waals surface area (Å²) in [6, 6.07) is 14.5. The molecule has 7 heteroatoms. The van der Waals surface area contributed by atoms with Crippen molar-refractivity contribution in [2.24, 2.45) is 0 Å². The third-order valence-electron chi connectivity index (χ3n) is 4.47. The first-order valence-electron chi connectivity index (χ1n) is 8.66. The zero-order valence-electron chi connectivity index (χ0n) is 15.5. The van der Waals surface area contributed by atoms with Crippen molar-refractivity contribution in [3.63, 3.8) is 0 Å². The van der Waals surface area contributed by atoms with E-state index >= 15 is 0 Å². The minimum absolute atomic E-state index is 0.0159. The number of amides is 1. The molecule has 2 aromatic carbocycles. The lowest BCUT2D eigenvalue weighted by atomic mass is 10.1. The lowest BCUT2D eigenvalue weighted by Gasteiger charge is -2.12. The van der Waals surface area contributed by atoms with Gasteiger partial charge >= 0.3 is 0 Å². The Bertz CT molecular complexity index is 1080. The quantitative estimate of drug-likeness (QED) is 0.542. The first-order valence-corrected chi connectivity index (χ1v) is 8.66. The van der Waals surface area contributed by atoms with Gasteiger partial charge in [-0.15, -0.1) is 0 Å². The molecule has 142 valence electrons. The van der Waals surface area contributed by atoms with Gasteiger partial charge in [-0.2, -0.15) is 0 Å². The zero-order valence-corrected chi connectivity index (χ0v) is 15.5. The van der Waals surface area contributed by atoms with Crippen LogP contribution in [0.5, 0.6) is 0 Å². The van der Waals surface area contributed by atoms with Crippen LogP contribution in [0.4, 0.5) is 11.4 Å². The molecule has 1 heterocycles. The summed E-state index contributed by atoms with van der Waals surface area (Å²) in [5.74, 6) is -0.310. The topological polar surface area (TPSA) is 94.2 Å². The first kappa shape index (κ1) is 19.0. The molecule has 7 nitrogen and oxygen atoms in total. The summed E-state index contributed by atoms with van der Waals surface area (Å²) < 4.78 is 1.40. The second-order valence-electron chi connectivity index (χ2n) is 6.53. The molecule has 28 heavy (non-hydrogen) atoms. The van der Waals surface area contributed by atoms with Crippen molar-refractivity contribution in [3.05, 3.63) is 104 Å². The molecule has 1 amide bonds. The van der Waals surface area contributed by atoms with Crippen molar-refractivity contribution >= 4 is 17.3 Å². The number of para-hydroxylation sites is 1. The summed E-state index contributed by atoms with van der Waals surface area (Å²) >= 11 is 0. The number of non-ortho nitro benzene ring substituents is 1. The number of nitro benzene ring substituents is 1. The fourth-order valence-corrected chi connectivity index (χ4v) is 2.91. The minimum atomic E-state index is -0.478. The van der Waals surface area contributed by atoms with Gasteiger partial charge in [-0.3, -0.25) is 19.7 Å². The van der Waals surface area contributed by atoms with Crippen LogP contribution < -0.4 is 10.9 Å². The van der Waals surface area contributed by atoms with Gasteiger partial charge < -0.3 is 9.88 Å². The number of hydrogen-bond donors (Lipinski definition) is 1. The van der Waals surface area contributed by atoms with Gasteiger partial charge in [0.2, 0.25) is 0 Å². The van der Waals surface area contributed by atoms with Gasteiger partial charge in [-0.25, -0.2) is 0 Å². The number of nitrogens with one attached hydrogen (secondary N) is 1. The van der Waals surface area contributed by atoms with Gasteiger partial charge in [-0.1, -0.05) is 30.3 Å². The summed E-state index contributed by atoms with van der Waals surface area (Å²) in [6.07, 6.45) is 1.49. The van der Waals surface area contributed by atoms with Crippen LogP contribution >= 0.6 is 0 Å². The number of nitrogens with zero attached hydrogens (tertiary/aromatic N) is 2. The fourth-order valence-electron chi connectivity index (χ4n) is 2.91. The molecule has 0 aliphatic rings. The van der Waals surface area contributed by atoms with Crippen molar-refractivity contribution in [1.82, 2.24) is 4.57 Å². The summed E-state index contributed by atoms with van der Waals surface area (Å²) in [5, 5.41) is 13.6. The number of rotatable bonds is 5. The van der Waals surface area contributed by atoms with Crippen LogP contribution in [-0.2, 0) is 6.54 Å². The van der Waals surface area contributed by atoms with E-state index in [2.05, 4.69) is 5.32 Å². The molecule has 0 saturated carbocycles. The molecule has 0 unspecified atom stereocenters. The smallest absolute Gasteiger partial charge is 0.269 e. The Kier molecular flexibility index (Phi) is 5.35. The lowest BCUT2D eigenvalue weighted by Crippen LogP contribution is -2.23. The second-order valence-corrected chi connectivity index (χ2v) is 6.53. The highest BCUT2D eigenvalue weighted by Gasteiger charge is 2.12. The average molecular weight is 377 g/mol. The monoisotopic (exact) mass is 377 g/mol. The van der Waals surface area contributed by atoms with Crippen LogP contribution in [0, 0.1) is 24.0 Å². The van der Waals surface area contributed by atoms with E-state index in [0.717, 1.165) is 22.4 Å². The highest BCUT2D eigenvalue weighted by atomic mass is 16.6. The van der Waals surface area contributed by atoms with E-state index in [4.69, 9.17) is 0 Å². The number of pyridine rings is 1. The van der Waals surface area contributed by atoms with Crippen molar-refractivity contribution in [3.8, 4) is 0 Å². The lowest BCUT2D eigenvalue weighted by molar-refractivity contribution is -0.384. The fraction of sp³-hybridized carbons (Fsp3) is 0.143. The minimum Gasteiger partial charge on any atom is -0.321 e. The van der Waals surface area contributed by atoms with Gasteiger partial charge in [-0.05, 0) is 36.6 Å². The van der Waals surface area contributed by atoms with Crippen LogP contribution in [0.1, 0.15) is 27.0 Å². The van der Waals surface area contributed by atoms with E-state index in [1.807, 2.05) is 32.0 Å².